The lowest BCUT2D eigenvalue weighted by atomic mass is 9.61. The van der Waals surface area contributed by atoms with Crippen molar-refractivity contribution in [3.8, 4) is 11.5 Å². The van der Waals surface area contributed by atoms with Gasteiger partial charge in [-0.3, -0.25) is 4.79 Å². The smallest absolute Gasteiger partial charge is 0.314 e. The van der Waals surface area contributed by atoms with Crippen molar-refractivity contribution in [1.29, 1.82) is 0 Å². The Labute approximate surface area is 190 Å². The van der Waals surface area contributed by atoms with Gasteiger partial charge in [-0.1, -0.05) is 26.0 Å². The molecule has 0 aromatic heterocycles. The quantitative estimate of drug-likeness (QED) is 0.266. The van der Waals surface area contributed by atoms with Crippen LogP contribution in [0.15, 0.2) is 24.8 Å². The minimum Gasteiger partial charge on any atom is -0.483 e. The number of esters is 1. The number of carbonyl (C=O) groups excluding carboxylic acids is 1. The summed E-state index contributed by atoms with van der Waals surface area (Å²) in [5.41, 5.74) is 0. The van der Waals surface area contributed by atoms with Crippen LogP contribution in [-0.2, 0) is 4.79 Å². The van der Waals surface area contributed by atoms with Gasteiger partial charge in [0.25, 0.3) is 0 Å². The van der Waals surface area contributed by atoms with E-state index >= 15 is 0 Å². The average molecular weight is 447 g/mol. The molecule has 4 unspecified atom stereocenters. The minimum absolute atomic E-state index is 0.00225. The SMILES string of the molecule is C=CCOc1c(F)cc(OC(=O)C2CCC(C3CCC4CC(C)CCC4C3)CC2)cc1F. The molecule has 1 aromatic rings. The van der Waals surface area contributed by atoms with E-state index in [0.29, 0.717) is 5.92 Å². The lowest BCUT2D eigenvalue weighted by Crippen LogP contribution is -2.35. The van der Waals surface area contributed by atoms with E-state index in [-0.39, 0.29) is 24.2 Å². The Hall–Kier alpha value is -1.91. The fourth-order valence-electron chi connectivity index (χ4n) is 6.49. The van der Waals surface area contributed by atoms with Crippen LogP contribution in [0.2, 0.25) is 0 Å². The molecule has 0 N–H and O–H groups in total. The van der Waals surface area contributed by atoms with Crippen molar-refractivity contribution in [2.75, 3.05) is 6.61 Å². The van der Waals surface area contributed by atoms with Crippen LogP contribution in [0.1, 0.15) is 71.1 Å². The fourth-order valence-corrected chi connectivity index (χ4v) is 6.49. The van der Waals surface area contributed by atoms with Gasteiger partial charge >= 0.3 is 5.97 Å². The Morgan fingerprint density at radius 2 is 1.50 bits per heavy atom. The van der Waals surface area contributed by atoms with Crippen molar-refractivity contribution in [3.05, 3.63) is 36.4 Å². The van der Waals surface area contributed by atoms with E-state index in [1.165, 1.54) is 44.6 Å². The van der Waals surface area contributed by atoms with Crippen LogP contribution < -0.4 is 9.47 Å². The van der Waals surface area contributed by atoms with Crippen LogP contribution in [0.3, 0.4) is 0 Å². The molecule has 3 aliphatic carbocycles. The summed E-state index contributed by atoms with van der Waals surface area (Å²) in [5.74, 6) is 1.32. The van der Waals surface area contributed by atoms with Crippen molar-refractivity contribution < 1.29 is 23.0 Å². The summed E-state index contributed by atoms with van der Waals surface area (Å²) in [4.78, 5) is 12.6. The summed E-state index contributed by atoms with van der Waals surface area (Å²) in [6.07, 6.45) is 13.4. The largest absolute Gasteiger partial charge is 0.483 e. The maximum absolute atomic E-state index is 14.1. The van der Waals surface area contributed by atoms with E-state index in [0.717, 1.165) is 61.5 Å². The first-order valence-corrected chi connectivity index (χ1v) is 12.4. The highest BCUT2D eigenvalue weighted by atomic mass is 19.1. The highest BCUT2D eigenvalue weighted by Gasteiger charge is 2.39. The van der Waals surface area contributed by atoms with Gasteiger partial charge in [0, 0.05) is 12.1 Å². The number of hydrogen-bond donors (Lipinski definition) is 0. The van der Waals surface area contributed by atoms with Crippen LogP contribution >= 0.6 is 0 Å². The lowest BCUT2D eigenvalue weighted by Gasteiger charge is -2.44. The van der Waals surface area contributed by atoms with Crippen LogP contribution in [0, 0.1) is 47.1 Å². The normalized spacial score (nSPS) is 32.6. The molecule has 3 fully saturated rings. The number of carbonyl (C=O) groups is 1. The van der Waals surface area contributed by atoms with Crippen molar-refractivity contribution in [2.45, 2.75) is 71.1 Å². The lowest BCUT2D eigenvalue weighted by molar-refractivity contribution is -0.140. The first-order valence-electron chi connectivity index (χ1n) is 12.4. The Kier molecular flexibility index (Phi) is 7.52. The molecule has 0 aliphatic heterocycles. The second-order valence-electron chi connectivity index (χ2n) is 10.4. The van der Waals surface area contributed by atoms with E-state index < -0.39 is 17.4 Å². The third kappa shape index (κ3) is 5.35. The van der Waals surface area contributed by atoms with Crippen molar-refractivity contribution >= 4 is 5.97 Å². The predicted molar refractivity (Wildman–Crippen MR) is 120 cm³/mol. The molecule has 0 saturated heterocycles. The molecule has 3 nitrogen and oxygen atoms in total. The van der Waals surface area contributed by atoms with E-state index in [1.807, 2.05) is 0 Å². The van der Waals surface area contributed by atoms with Gasteiger partial charge in [-0.2, -0.15) is 0 Å². The molecule has 5 heteroatoms. The van der Waals surface area contributed by atoms with Gasteiger partial charge < -0.3 is 9.47 Å². The van der Waals surface area contributed by atoms with Gasteiger partial charge in [0.15, 0.2) is 17.4 Å². The zero-order chi connectivity index (χ0) is 22.7. The standard InChI is InChI=1S/C27H36F2O3/c1-3-12-31-26-24(28)15-23(16-25(26)29)32-27(30)19-8-6-18(7-9-19)21-11-10-20-13-17(2)4-5-22(20)14-21/h3,15-22H,1,4-14H2,2H3. The molecule has 0 heterocycles. The van der Waals surface area contributed by atoms with Crippen molar-refractivity contribution in [2.24, 2.45) is 35.5 Å². The molecule has 1 aromatic carbocycles. The van der Waals surface area contributed by atoms with Gasteiger partial charge in [0.2, 0.25) is 0 Å². The molecule has 32 heavy (non-hydrogen) atoms. The Morgan fingerprint density at radius 3 is 2.16 bits per heavy atom. The summed E-state index contributed by atoms with van der Waals surface area (Å²) >= 11 is 0. The molecule has 3 aliphatic rings. The van der Waals surface area contributed by atoms with Gasteiger partial charge in [0.1, 0.15) is 12.4 Å². The average Bonchev–Trinajstić information content (AvgIpc) is 2.78. The highest BCUT2D eigenvalue weighted by molar-refractivity contribution is 5.75. The molecule has 0 radical (unpaired) electrons. The van der Waals surface area contributed by atoms with Crippen molar-refractivity contribution in [1.82, 2.24) is 0 Å². The van der Waals surface area contributed by atoms with Gasteiger partial charge in [0.05, 0.1) is 5.92 Å². The Balaban J connectivity index is 1.27. The third-order valence-electron chi connectivity index (χ3n) is 8.22. The number of hydrogen-bond acceptors (Lipinski definition) is 3. The van der Waals surface area contributed by atoms with Gasteiger partial charge in [-0.15, -0.1) is 0 Å². The highest BCUT2D eigenvalue weighted by Crippen LogP contribution is 2.49. The van der Waals surface area contributed by atoms with Crippen LogP contribution in [0.5, 0.6) is 11.5 Å². The monoisotopic (exact) mass is 446 g/mol. The number of halogens is 2. The van der Waals surface area contributed by atoms with Crippen LogP contribution in [0.4, 0.5) is 8.78 Å². The summed E-state index contributed by atoms with van der Waals surface area (Å²) < 4.78 is 38.6. The fraction of sp³-hybridized carbons (Fsp3) is 0.667. The summed E-state index contributed by atoms with van der Waals surface area (Å²) in [5, 5.41) is 0. The molecule has 0 spiro atoms. The van der Waals surface area contributed by atoms with Gasteiger partial charge in [-0.05, 0) is 87.4 Å². The number of ether oxygens (including phenoxy) is 2. The maximum atomic E-state index is 14.1. The first kappa shape index (κ1) is 23.3. The second-order valence-corrected chi connectivity index (χ2v) is 10.4. The van der Waals surface area contributed by atoms with Crippen LogP contribution in [0.25, 0.3) is 0 Å². The molecule has 0 bridgehead atoms. The van der Waals surface area contributed by atoms with E-state index in [4.69, 9.17) is 9.47 Å². The first-order chi connectivity index (χ1) is 15.4. The molecule has 0 amide bonds. The number of rotatable bonds is 6. The van der Waals surface area contributed by atoms with Crippen LogP contribution in [-0.4, -0.2) is 12.6 Å². The maximum Gasteiger partial charge on any atom is 0.314 e. The minimum atomic E-state index is -0.883. The van der Waals surface area contributed by atoms with E-state index in [9.17, 15) is 13.6 Å². The van der Waals surface area contributed by atoms with E-state index in [1.54, 1.807) is 0 Å². The predicted octanol–water partition coefficient (Wildman–Crippen LogP) is 7.09. The number of benzene rings is 1. The second kappa shape index (κ2) is 10.4. The van der Waals surface area contributed by atoms with Gasteiger partial charge in [-0.25, -0.2) is 8.78 Å². The molecular formula is C27H36F2O3. The number of fused-ring (bicyclic) bond motifs is 1. The zero-order valence-electron chi connectivity index (χ0n) is 19.2. The van der Waals surface area contributed by atoms with E-state index in [2.05, 4.69) is 13.5 Å². The topological polar surface area (TPSA) is 35.5 Å². The summed E-state index contributed by atoms with van der Waals surface area (Å²) in [6.45, 7) is 5.86. The molecule has 4 rings (SSSR count). The molecule has 176 valence electrons. The molecule has 3 saturated carbocycles. The zero-order valence-corrected chi connectivity index (χ0v) is 19.2. The Bertz CT molecular complexity index is 792. The Morgan fingerprint density at radius 1 is 0.938 bits per heavy atom. The third-order valence-corrected chi connectivity index (χ3v) is 8.22. The molecule has 4 atom stereocenters. The summed E-state index contributed by atoms with van der Waals surface area (Å²) in [7, 11) is 0. The van der Waals surface area contributed by atoms with Crippen molar-refractivity contribution in [3.63, 3.8) is 0 Å². The molecular weight excluding hydrogens is 410 g/mol. The summed E-state index contributed by atoms with van der Waals surface area (Å²) in [6, 6.07) is 2.02.